The first kappa shape index (κ1) is 12.9. The molecule has 0 saturated carbocycles. The van der Waals surface area contributed by atoms with Gasteiger partial charge in [0.15, 0.2) is 0 Å². The summed E-state index contributed by atoms with van der Waals surface area (Å²) in [6, 6.07) is 6.78. The van der Waals surface area contributed by atoms with Crippen LogP contribution in [0.5, 0.6) is 0 Å². The van der Waals surface area contributed by atoms with Crippen LogP contribution in [0, 0.1) is 12.8 Å². The van der Waals surface area contributed by atoms with Gasteiger partial charge in [0.25, 0.3) is 0 Å². The molecule has 0 amide bonds. The van der Waals surface area contributed by atoms with Gasteiger partial charge in [-0.3, -0.25) is 0 Å². The molecule has 0 fully saturated rings. The summed E-state index contributed by atoms with van der Waals surface area (Å²) >= 11 is 0. The summed E-state index contributed by atoms with van der Waals surface area (Å²) in [6.45, 7) is 8.86. The van der Waals surface area contributed by atoms with Crippen molar-refractivity contribution in [2.24, 2.45) is 5.92 Å². The molecule has 1 aromatic carbocycles. The lowest BCUT2D eigenvalue weighted by molar-refractivity contribution is 0.504. The second-order valence-corrected chi connectivity index (χ2v) is 5.19. The standard InChI is InChI=1S/C14H24N2/c1-10(2)6-12(4)16(5)14-8-11(3)7-13(15)9-14/h7-10,12H,6,15H2,1-5H3. The number of hydrogen-bond acceptors (Lipinski definition) is 2. The fourth-order valence-corrected chi connectivity index (χ4v) is 2.09. The number of benzene rings is 1. The summed E-state index contributed by atoms with van der Waals surface area (Å²) in [5.74, 6) is 0.722. The smallest absolute Gasteiger partial charge is 0.0389 e. The maximum absolute atomic E-state index is 5.87. The van der Waals surface area contributed by atoms with Gasteiger partial charge < -0.3 is 10.6 Å². The fraction of sp³-hybridized carbons (Fsp3) is 0.571. The molecule has 2 N–H and O–H groups in total. The third-order valence-electron chi connectivity index (χ3n) is 2.97. The molecule has 2 heteroatoms. The second kappa shape index (κ2) is 5.24. The van der Waals surface area contributed by atoms with Crippen LogP contribution in [0.15, 0.2) is 18.2 Å². The zero-order valence-corrected chi connectivity index (χ0v) is 11.1. The average molecular weight is 220 g/mol. The van der Waals surface area contributed by atoms with E-state index < -0.39 is 0 Å². The summed E-state index contributed by atoms with van der Waals surface area (Å²) in [6.07, 6.45) is 1.20. The Labute approximate surface area is 99.5 Å². The number of hydrogen-bond donors (Lipinski definition) is 1. The SMILES string of the molecule is Cc1cc(N)cc(N(C)C(C)CC(C)C)c1. The van der Waals surface area contributed by atoms with Gasteiger partial charge in [0.2, 0.25) is 0 Å². The van der Waals surface area contributed by atoms with Gasteiger partial charge in [-0.25, -0.2) is 0 Å². The van der Waals surface area contributed by atoms with Crippen LogP contribution in [-0.2, 0) is 0 Å². The molecule has 0 radical (unpaired) electrons. The van der Waals surface area contributed by atoms with Crippen LogP contribution in [0.25, 0.3) is 0 Å². The topological polar surface area (TPSA) is 29.3 Å². The number of nitrogens with zero attached hydrogens (tertiary/aromatic N) is 1. The molecule has 0 aliphatic heterocycles. The highest BCUT2D eigenvalue weighted by Crippen LogP contribution is 2.23. The van der Waals surface area contributed by atoms with Gasteiger partial charge in [0, 0.05) is 24.5 Å². The van der Waals surface area contributed by atoms with E-state index in [-0.39, 0.29) is 0 Å². The van der Waals surface area contributed by atoms with Gasteiger partial charge >= 0.3 is 0 Å². The van der Waals surface area contributed by atoms with Gasteiger partial charge in [-0.15, -0.1) is 0 Å². The summed E-state index contributed by atoms with van der Waals surface area (Å²) < 4.78 is 0. The predicted molar refractivity (Wildman–Crippen MR) is 72.9 cm³/mol. The van der Waals surface area contributed by atoms with Crippen molar-refractivity contribution in [2.45, 2.75) is 40.2 Å². The number of nitrogen functional groups attached to an aromatic ring is 1. The van der Waals surface area contributed by atoms with E-state index in [2.05, 4.69) is 45.7 Å². The lowest BCUT2D eigenvalue weighted by Gasteiger charge is -2.29. The minimum Gasteiger partial charge on any atom is -0.399 e. The van der Waals surface area contributed by atoms with E-state index in [0.717, 1.165) is 11.6 Å². The van der Waals surface area contributed by atoms with Crippen LogP contribution in [-0.4, -0.2) is 13.1 Å². The van der Waals surface area contributed by atoms with Crippen molar-refractivity contribution in [1.82, 2.24) is 0 Å². The van der Waals surface area contributed by atoms with Crippen LogP contribution in [0.2, 0.25) is 0 Å². The molecule has 0 heterocycles. The molecule has 0 spiro atoms. The van der Waals surface area contributed by atoms with E-state index in [1.165, 1.54) is 17.7 Å². The molecule has 2 nitrogen and oxygen atoms in total. The highest BCUT2D eigenvalue weighted by molar-refractivity contribution is 5.58. The first-order valence-corrected chi connectivity index (χ1v) is 6.00. The van der Waals surface area contributed by atoms with Crippen LogP contribution >= 0.6 is 0 Å². The molecule has 0 aliphatic rings. The minimum absolute atomic E-state index is 0.543. The molecule has 1 rings (SSSR count). The number of nitrogens with two attached hydrogens (primary N) is 1. The van der Waals surface area contributed by atoms with E-state index in [1.807, 2.05) is 12.1 Å². The minimum atomic E-state index is 0.543. The lowest BCUT2D eigenvalue weighted by Crippen LogP contribution is -2.30. The molecule has 1 unspecified atom stereocenters. The molecule has 0 saturated heterocycles. The van der Waals surface area contributed by atoms with E-state index in [0.29, 0.717) is 6.04 Å². The number of anilines is 2. The maximum atomic E-state index is 5.87. The Morgan fingerprint density at radius 2 is 1.81 bits per heavy atom. The summed E-state index contributed by atoms with van der Waals surface area (Å²) in [4.78, 5) is 2.31. The Kier molecular flexibility index (Phi) is 4.22. The Hall–Kier alpha value is -1.18. The van der Waals surface area contributed by atoms with Crippen molar-refractivity contribution < 1.29 is 0 Å². The molecule has 0 aliphatic carbocycles. The Morgan fingerprint density at radius 1 is 1.19 bits per heavy atom. The summed E-state index contributed by atoms with van der Waals surface area (Å²) in [5, 5.41) is 0. The van der Waals surface area contributed by atoms with Gasteiger partial charge in [-0.2, -0.15) is 0 Å². The second-order valence-electron chi connectivity index (χ2n) is 5.19. The predicted octanol–water partition coefficient (Wildman–Crippen LogP) is 3.45. The first-order valence-electron chi connectivity index (χ1n) is 6.00. The molecule has 0 aromatic heterocycles. The van der Waals surface area contributed by atoms with Crippen LogP contribution in [0.1, 0.15) is 32.8 Å². The molecule has 0 bridgehead atoms. The highest BCUT2D eigenvalue weighted by Gasteiger charge is 2.12. The lowest BCUT2D eigenvalue weighted by atomic mass is 10.0. The van der Waals surface area contributed by atoms with Crippen LogP contribution in [0.4, 0.5) is 11.4 Å². The van der Waals surface area contributed by atoms with E-state index in [9.17, 15) is 0 Å². The monoisotopic (exact) mass is 220 g/mol. The molecule has 16 heavy (non-hydrogen) atoms. The van der Waals surface area contributed by atoms with Crippen molar-refractivity contribution >= 4 is 11.4 Å². The average Bonchev–Trinajstić information content (AvgIpc) is 2.13. The third kappa shape index (κ3) is 3.44. The molecular weight excluding hydrogens is 196 g/mol. The number of aryl methyl sites for hydroxylation is 1. The van der Waals surface area contributed by atoms with Crippen molar-refractivity contribution in [3.05, 3.63) is 23.8 Å². The largest absolute Gasteiger partial charge is 0.399 e. The van der Waals surface area contributed by atoms with Crippen molar-refractivity contribution in [2.75, 3.05) is 17.7 Å². The van der Waals surface area contributed by atoms with E-state index in [1.54, 1.807) is 0 Å². The molecule has 90 valence electrons. The van der Waals surface area contributed by atoms with Crippen molar-refractivity contribution in [1.29, 1.82) is 0 Å². The Balaban J connectivity index is 2.82. The Morgan fingerprint density at radius 3 is 2.31 bits per heavy atom. The normalized spacial score (nSPS) is 12.9. The number of rotatable bonds is 4. The van der Waals surface area contributed by atoms with Gasteiger partial charge in [0.1, 0.15) is 0 Å². The van der Waals surface area contributed by atoms with Crippen molar-refractivity contribution in [3.8, 4) is 0 Å². The highest BCUT2D eigenvalue weighted by atomic mass is 15.1. The van der Waals surface area contributed by atoms with Crippen molar-refractivity contribution in [3.63, 3.8) is 0 Å². The quantitative estimate of drug-likeness (QED) is 0.787. The van der Waals surface area contributed by atoms with Crippen LogP contribution < -0.4 is 10.6 Å². The summed E-state index contributed by atoms with van der Waals surface area (Å²) in [5.41, 5.74) is 9.15. The van der Waals surface area contributed by atoms with Crippen LogP contribution in [0.3, 0.4) is 0 Å². The summed E-state index contributed by atoms with van der Waals surface area (Å²) in [7, 11) is 2.14. The maximum Gasteiger partial charge on any atom is 0.0389 e. The Bertz CT molecular complexity index is 324. The first-order chi connectivity index (χ1) is 7.40. The fourth-order valence-electron chi connectivity index (χ4n) is 2.09. The van der Waals surface area contributed by atoms with E-state index >= 15 is 0 Å². The van der Waals surface area contributed by atoms with Gasteiger partial charge in [-0.1, -0.05) is 13.8 Å². The molecule has 1 atom stereocenters. The molecular formula is C14H24N2. The third-order valence-corrected chi connectivity index (χ3v) is 2.97. The zero-order valence-electron chi connectivity index (χ0n) is 11.1. The van der Waals surface area contributed by atoms with E-state index in [4.69, 9.17) is 5.73 Å². The zero-order chi connectivity index (χ0) is 12.3. The van der Waals surface area contributed by atoms with Gasteiger partial charge in [-0.05, 0) is 49.9 Å². The van der Waals surface area contributed by atoms with Gasteiger partial charge in [0.05, 0.1) is 0 Å². The molecule has 1 aromatic rings.